The first-order chi connectivity index (χ1) is 70.3. The van der Waals surface area contributed by atoms with Gasteiger partial charge in [-0.1, -0.05) is 312 Å². The fourth-order valence-corrected chi connectivity index (χ4v) is 25.2. The Kier molecular flexibility index (Phi) is 21.9. The van der Waals surface area contributed by atoms with Crippen LogP contribution in [0, 0.1) is 25.7 Å². The molecule has 10 nitrogen and oxygen atoms in total. The predicted octanol–water partition coefficient (Wildman–Crippen LogP) is 37.5. The number of hydrogen-bond donors (Lipinski definition) is 0. The number of allylic oxidation sites excluding steroid dienone is 8. The summed E-state index contributed by atoms with van der Waals surface area (Å²) in [5, 5.41) is 13.1. The molecule has 0 radical (unpaired) electrons. The van der Waals surface area contributed by atoms with Gasteiger partial charge >= 0.3 is 0 Å². The van der Waals surface area contributed by atoms with Gasteiger partial charge in [0.05, 0.1) is 33.6 Å². The van der Waals surface area contributed by atoms with Crippen molar-refractivity contribution in [3.05, 3.63) is 365 Å². The summed E-state index contributed by atoms with van der Waals surface area (Å²) in [5.74, 6) is 3.15. The molecule has 5 aliphatic carbocycles. The Bertz CT molecular complexity index is 8660. The third-order valence-electron chi connectivity index (χ3n) is 33.4. The average molecular weight is 1940 g/mol. The van der Waals surface area contributed by atoms with Crippen molar-refractivity contribution in [1.29, 1.82) is 0 Å². The largest absolute Gasteiger partial charge is 0.457 e. The topological polar surface area (TPSA) is 112 Å². The van der Waals surface area contributed by atoms with Crippen LogP contribution in [-0.4, -0.2) is 23.6 Å². The standard InChI is InChI=1S/C138H130N2O8/c1-69(2)79-57-101(71(5)6)129(102(58-79)72(7)8)139-131(141)109-65-113(145-89-37-29-85(30-38-89)135(15,16)17)123-97-49-45-93-105-61-81-53-75(13)77(55-83(81)63-107(105)95-47-51-99(119(97)117(93)95)125-115(67-111(133(139)143)121(109)127(123)125)147-91-41-33-87(34-42-91)137(21,22)23)27-28-78-56-84-64-108-96-48-52-100-120-98(50-46-94(118(96)120)106(108)62-82(84)54-76(78)14)124-114(146-90-39-31-86(32-40-90)136(18,19)20)66-110-122-112(68-116(126(100)128(122)124)148-92-43-35-88(36-44-92)138(24,25)26)134(144)140(132(110)142)130-103(73(9)10)59-80(70(3)4)60-104(130)74(11)12/h29-74,117,119H,27-28H2,1-26H3. The number of fused-ring (bicyclic) bond motifs is 12. The summed E-state index contributed by atoms with van der Waals surface area (Å²) in [4.78, 5) is 68.9. The summed E-state index contributed by atoms with van der Waals surface area (Å²) in [6.07, 6.45) is 11.0. The van der Waals surface area contributed by atoms with E-state index in [9.17, 15) is 0 Å². The molecule has 2 atom stereocenters. The maximum atomic E-state index is 16.5. The van der Waals surface area contributed by atoms with Crippen molar-refractivity contribution in [1.82, 2.24) is 0 Å². The molecule has 0 fully saturated rings. The quantitative estimate of drug-likeness (QED) is 0.0447. The van der Waals surface area contributed by atoms with E-state index >= 15 is 19.2 Å². The summed E-state index contributed by atoms with van der Waals surface area (Å²) in [6.45, 7) is 57.2. The molecule has 0 saturated carbocycles. The average Bonchev–Trinajstić information content (AvgIpc) is 1.08. The van der Waals surface area contributed by atoms with Crippen LogP contribution in [0.25, 0.3) is 120 Å². The second-order valence-electron chi connectivity index (χ2n) is 49.2. The Morgan fingerprint density at radius 2 is 0.534 bits per heavy atom. The second-order valence-corrected chi connectivity index (χ2v) is 49.2. The molecule has 0 saturated heterocycles. The van der Waals surface area contributed by atoms with Crippen molar-refractivity contribution < 1.29 is 38.1 Å². The molecule has 0 N–H and O–H groups in total. The first-order valence-corrected chi connectivity index (χ1v) is 53.6. The van der Waals surface area contributed by atoms with Crippen molar-refractivity contribution in [2.45, 2.75) is 250 Å². The van der Waals surface area contributed by atoms with E-state index in [4.69, 9.17) is 18.9 Å². The van der Waals surface area contributed by atoms with Crippen LogP contribution in [0.4, 0.5) is 11.4 Å². The molecule has 4 amide bonds. The molecule has 17 aromatic rings. The summed E-state index contributed by atoms with van der Waals surface area (Å²) in [5.41, 5.74) is 31.7. The zero-order valence-electron chi connectivity index (χ0n) is 90.3. The van der Waals surface area contributed by atoms with Crippen LogP contribution in [0.5, 0.6) is 46.0 Å². The Morgan fingerprint density at radius 1 is 0.257 bits per heavy atom. The van der Waals surface area contributed by atoms with E-state index in [0.29, 0.717) is 90.4 Å². The molecule has 148 heavy (non-hydrogen) atoms. The van der Waals surface area contributed by atoms with Gasteiger partial charge in [0.15, 0.2) is 0 Å². The minimum Gasteiger partial charge on any atom is -0.457 e. The van der Waals surface area contributed by atoms with Crippen LogP contribution in [0.1, 0.15) is 343 Å². The molecule has 2 unspecified atom stereocenters. The lowest BCUT2D eigenvalue weighted by molar-refractivity contribution is 0.0877. The predicted molar refractivity (Wildman–Crippen MR) is 614 cm³/mol. The number of imide groups is 2. The maximum Gasteiger partial charge on any atom is 0.266 e. The van der Waals surface area contributed by atoms with E-state index in [0.717, 1.165) is 117 Å². The van der Waals surface area contributed by atoms with Crippen LogP contribution in [-0.2, 0) is 34.5 Å². The maximum absolute atomic E-state index is 16.5. The number of nitrogens with zero attached hydrogens (tertiary/aromatic N) is 2. The normalized spacial score (nSPS) is 15.7. The molecular weight excluding hydrogens is 1810 g/mol. The van der Waals surface area contributed by atoms with Gasteiger partial charge in [0.2, 0.25) is 0 Å². The van der Waals surface area contributed by atoms with Crippen LogP contribution in [0.3, 0.4) is 0 Å². The highest BCUT2D eigenvalue weighted by Crippen LogP contribution is 2.67. The Hall–Kier alpha value is -14.7. The number of anilines is 2. The zero-order chi connectivity index (χ0) is 104. The Labute approximate surface area is 869 Å². The van der Waals surface area contributed by atoms with Gasteiger partial charge in [0, 0.05) is 55.3 Å². The lowest BCUT2D eigenvalue weighted by atomic mass is 9.62. The monoisotopic (exact) mass is 1940 g/mol. The van der Waals surface area contributed by atoms with Gasteiger partial charge < -0.3 is 18.9 Å². The smallest absolute Gasteiger partial charge is 0.266 e. The fourth-order valence-electron chi connectivity index (χ4n) is 25.2. The lowest BCUT2D eigenvalue weighted by Crippen LogP contribution is -2.42. The molecule has 10 heteroatoms. The van der Waals surface area contributed by atoms with E-state index in [1.165, 1.54) is 115 Å². The third-order valence-corrected chi connectivity index (χ3v) is 33.4. The SMILES string of the molecule is Cc1cc2cc3c(cc2cc1CCc1cc2cc4c(cc2cc1C)-c1ccc2c5c(Oc6ccc(C(C)(C)C)cc6)cc6c7c(cc(Oc8ccc(C(C)(C)C)cc8)c(c8ccc-4c1c28)c75)C(=O)N(c1c(C(C)C)cc(C(C)C)cc1C(C)C)C6=O)C1=CC=C2c4c(Oc5ccc(C(C)(C)C)cc5)cc5c6c(cc(Oc7ccc(C(C)(C)C)cc7)c(c46)C4=CC=C3C1C42)C(=O)N(c1c(C(C)C)cc(C(C)C)cc1C(C)C)C5=O. The minimum atomic E-state index is -0.392. The van der Waals surface area contributed by atoms with Gasteiger partial charge in [-0.05, 0) is 358 Å². The highest BCUT2D eigenvalue weighted by Gasteiger charge is 2.52. The number of amides is 4. The molecule has 24 rings (SSSR count). The molecular formula is C138H130N2O8. The van der Waals surface area contributed by atoms with E-state index in [2.05, 4.69) is 350 Å². The van der Waals surface area contributed by atoms with Crippen molar-refractivity contribution in [3.8, 4) is 68.2 Å². The van der Waals surface area contributed by atoms with Crippen molar-refractivity contribution in [3.63, 3.8) is 0 Å². The summed E-state index contributed by atoms with van der Waals surface area (Å²) >= 11 is 0. The highest BCUT2D eigenvalue weighted by atomic mass is 16.5. The number of hydrogen-bond acceptors (Lipinski definition) is 8. The Morgan fingerprint density at radius 3 is 0.845 bits per heavy atom. The molecule has 2 heterocycles. The van der Waals surface area contributed by atoms with Gasteiger partial charge in [-0.3, -0.25) is 19.2 Å². The summed E-state index contributed by atoms with van der Waals surface area (Å²) in [7, 11) is 0. The molecule has 17 aromatic carbocycles. The van der Waals surface area contributed by atoms with Crippen LogP contribution < -0.4 is 28.7 Å². The molecule has 2 aliphatic heterocycles. The Balaban J connectivity index is 0.614. The fraction of sp³-hybridized carbons (Fsp3) is 0.290. The van der Waals surface area contributed by atoms with Gasteiger partial charge in [0.25, 0.3) is 23.6 Å². The number of carbonyl (C=O) groups excluding carboxylic acids is 4. The van der Waals surface area contributed by atoms with Gasteiger partial charge in [0.1, 0.15) is 46.0 Å². The molecule has 7 aliphatic rings. The van der Waals surface area contributed by atoms with Crippen molar-refractivity contribution in [2.75, 3.05) is 9.80 Å². The number of rotatable bonds is 19. The summed E-state index contributed by atoms with van der Waals surface area (Å²) in [6, 6.07) is 78.6. The van der Waals surface area contributed by atoms with Gasteiger partial charge in [-0.2, -0.15) is 0 Å². The van der Waals surface area contributed by atoms with E-state index in [-0.39, 0.29) is 80.8 Å². The lowest BCUT2D eigenvalue weighted by Gasteiger charge is -2.42. The zero-order valence-corrected chi connectivity index (χ0v) is 90.3. The minimum absolute atomic E-state index is 0.0174. The van der Waals surface area contributed by atoms with Gasteiger partial charge in [-0.15, -0.1) is 0 Å². The molecule has 0 spiro atoms. The number of aryl methyl sites for hydroxylation is 4. The van der Waals surface area contributed by atoms with E-state index in [1.807, 2.05) is 72.8 Å². The van der Waals surface area contributed by atoms with Crippen molar-refractivity contribution in [2.24, 2.45) is 11.8 Å². The molecule has 0 aromatic heterocycles. The van der Waals surface area contributed by atoms with E-state index in [1.54, 1.807) is 0 Å². The second kappa shape index (κ2) is 33.9. The van der Waals surface area contributed by atoms with Gasteiger partial charge in [-0.25, -0.2) is 9.80 Å². The number of carbonyl (C=O) groups is 4. The van der Waals surface area contributed by atoms with Crippen LogP contribution in [0.2, 0.25) is 0 Å². The molecule has 740 valence electrons. The van der Waals surface area contributed by atoms with Crippen molar-refractivity contribution >= 4 is 133 Å². The van der Waals surface area contributed by atoms with Crippen LogP contribution in [0.15, 0.2) is 243 Å². The summed E-state index contributed by atoms with van der Waals surface area (Å²) < 4.78 is 29.7. The molecule has 0 bridgehead atoms. The third kappa shape index (κ3) is 14.9. The van der Waals surface area contributed by atoms with E-state index < -0.39 is 11.8 Å². The number of benzene rings is 17. The van der Waals surface area contributed by atoms with Crippen LogP contribution >= 0.6 is 0 Å². The highest BCUT2D eigenvalue weighted by molar-refractivity contribution is 6.46. The first-order valence-electron chi connectivity index (χ1n) is 53.6. The number of ether oxygens (including phenoxy) is 4. The first kappa shape index (κ1) is 95.5.